The molecule has 4 aromatic rings. The Morgan fingerprint density at radius 2 is 1.38 bits per heavy atom. The fourth-order valence-electron chi connectivity index (χ4n) is 3.71. The number of carbonyl (C=O) groups excluding carboxylic acids is 2. The van der Waals surface area contributed by atoms with Crippen LogP contribution in [0.4, 0.5) is 10.1 Å². The summed E-state index contributed by atoms with van der Waals surface area (Å²) in [5, 5.41) is -0.130. The Morgan fingerprint density at radius 1 is 0.821 bits per heavy atom. The van der Waals surface area contributed by atoms with Gasteiger partial charge in [-0.25, -0.2) is 17.6 Å². The molecular weight excluding hydrogens is 543 g/mol. The minimum absolute atomic E-state index is 0.107. The summed E-state index contributed by atoms with van der Waals surface area (Å²) in [6.45, 7) is 0.0755. The first-order valence-electron chi connectivity index (χ1n) is 11.8. The van der Waals surface area contributed by atoms with E-state index < -0.39 is 34.3 Å². The summed E-state index contributed by atoms with van der Waals surface area (Å²) in [5.41, 5.74) is 1.83. The molecule has 0 unspecified atom stereocenters. The van der Waals surface area contributed by atoms with E-state index in [1.165, 1.54) is 24.3 Å². The zero-order valence-electron chi connectivity index (χ0n) is 20.6. The molecule has 0 aliphatic rings. The molecule has 0 bridgehead atoms. The van der Waals surface area contributed by atoms with Gasteiger partial charge in [0, 0.05) is 18.8 Å². The average Bonchev–Trinajstić information content (AvgIpc) is 2.93. The van der Waals surface area contributed by atoms with Crippen molar-refractivity contribution in [3.63, 3.8) is 0 Å². The first-order valence-corrected chi connectivity index (χ1v) is 13.7. The van der Waals surface area contributed by atoms with Gasteiger partial charge in [0.15, 0.2) is 6.61 Å². The van der Waals surface area contributed by atoms with Gasteiger partial charge in [0.1, 0.15) is 10.7 Å². The normalized spacial score (nSPS) is 11.0. The molecule has 0 aliphatic heterocycles. The Morgan fingerprint density at radius 3 is 1.95 bits per heavy atom. The summed E-state index contributed by atoms with van der Waals surface area (Å²) in [6, 6.07) is 27.1. The second-order valence-corrected chi connectivity index (χ2v) is 10.6. The van der Waals surface area contributed by atoms with Crippen LogP contribution in [0, 0.1) is 5.82 Å². The van der Waals surface area contributed by atoms with E-state index in [4.69, 9.17) is 16.3 Å². The highest BCUT2D eigenvalue weighted by Gasteiger charge is 2.22. The van der Waals surface area contributed by atoms with E-state index in [1.807, 2.05) is 60.7 Å². The lowest BCUT2D eigenvalue weighted by Crippen LogP contribution is -2.34. The van der Waals surface area contributed by atoms with Gasteiger partial charge in [-0.1, -0.05) is 72.3 Å². The Kier molecular flexibility index (Phi) is 8.96. The van der Waals surface area contributed by atoms with E-state index in [2.05, 4.69) is 4.72 Å². The summed E-state index contributed by atoms with van der Waals surface area (Å²) in [6.07, 6.45) is 0. The highest BCUT2D eigenvalue weighted by Crippen LogP contribution is 2.25. The fraction of sp³-hybridized carbons (Fsp3) is 0.103. The van der Waals surface area contributed by atoms with Crippen molar-refractivity contribution in [2.75, 3.05) is 11.3 Å². The summed E-state index contributed by atoms with van der Waals surface area (Å²) in [7, 11) is -4.21. The smallest absolute Gasteiger partial charge is 0.338 e. The van der Waals surface area contributed by atoms with E-state index in [0.717, 1.165) is 29.3 Å². The first-order chi connectivity index (χ1) is 18.7. The number of ether oxygens (including phenoxy) is 1. The predicted molar refractivity (Wildman–Crippen MR) is 146 cm³/mol. The van der Waals surface area contributed by atoms with Crippen molar-refractivity contribution in [2.24, 2.45) is 0 Å². The molecule has 39 heavy (non-hydrogen) atoms. The Labute approximate surface area is 230 Å². The number of carbonyl (C=O) groups is 2. The lowest BCUT2D eigenvalue weighted by Gasteiger charge is -2.23. The number of halogens is 2. The molecule has 0 saturated heterocycles. The average molecular weight is 567 g/mol. The molecule has 200 valence electrons. The van der Waals surface area contributed by atoms with Crippen molar-refractivity contribution < 1.29 is 27.1 Å². The van der Waals surface area contributed by atoms with Gasteiger partial charge >= 0.3 is 5.97 Å². The molecule has 0 aromatic heterocycles. The van der Waals surface area contributed by atoms with Gasteiger partial charge in [-0.15, -0.1) is 0 Å². The third-order valence-corrected chi connectivity index (χ3v) is 7.53. The van der Waals surface area contributed by atoms with Crippen LogP contribution >= 0.6 is 11.6 Å². The first kappa shape index (κ1) is 27.8. The van der Waals surface area contributed by atoms with Gasteiger partial charge in [-0.05, 0) is 53.6 Å². The van der Waals surface area contributed by atoms with Gasteiger partial charge < -0.3 is 9.64 Å². The number of amides is 1. The summed E-state index contributed by atoms with van der Waals surface area (Å²) < 4.78 is 46.5. The van der Waals surface area contributed by atoms with Gasteiger partial charge in [0.25, 0.3) is 15.9 Å². The largest absolute Gasteiger partial charge is 0.452 e. The molecule has 0 aliphatic carbocycles. The van der Waals surface area contributed by atoms with Gasteiger partial charge in [0.05, 0.1) is 10.6 Å². The van der Waals surface area contributed by atoms with Crippen LogP contribution < -0.4 is 4.72 Å². The predicted octanol–water partition coefficient (Wildman–Crippen LogP) is 5.67. The Balaban J connectivity index is 1.46. The Hall–Kier alpha value is -4.21. The summed E-state index contributed by atoms with van der Waals surface area (Å²) >= 11 is 6.11. The molecule has 7 nitrogen and oxygen atoms in total. The molecule has 4 aromatic carbocycles. The standard InChI is InChI=1S/C29H24ClFN2O5S/c30-26-16-11-23(17-27(26)39(36,37)32-25-14-12-24(31)13-15-25)29(35)38-20-28(34)33(18-21-7-3-1-4-8-21)19-22-9-5-2-6-10-22/h1-17,32H,18-20H2. The van der Waals surface area contributed by atoms with Gasteiger partial charge in [0.2, 0.25) is 0 Å². The minimum Gasteiger partial charge on any atom is -0.452 e. The lowest BCUT2D eigenvalue weighted by atomic mass is 10.1. The van der Waals surface area contributed by atoms with Gasteiger partial charge in [-0.2, -0.15) is 0 Å². The van der Waals surface area contributed by atoms with Crippen molar-refractivity contribution in [1.82, 2.24) is 4.90 Å². The number of nitrogens with zero attached hydrogens (tertiary/aromatic N) is 1. The van der Waals surface area contributed by atoms with Crippen LogP contribution in [0.15, 0.2) is 108 Å². The van der Waals surface area contributed by atoms with Crippen LogP contribution in [0.1, 0.15) is 21.5 Å². The highest BCUT2D eigenvalue weighted by molar-refractivity contribution is 7.92. The maximum atomic E-state index is 13.2. The second kappa shape index (κ2) is 12.6. The molecule has 1 N–H and O–H groups in total. The van der Waals surface area contributed by atoms with Crippen LogP contribution in [-0.2, 0) is 32.6 Å². The molecule has 0 spiro atoms. The van der Waals surface area contributed by atoms with E-state index >= 15 is 0 Å². The maximum absolute atomic E-state index is 13.2. The number of hydrogen-bond donors (Lipinski definition) is 1. The second-order valence-electron chi connectivity index (χ2n) is 8.55. The molecule has 1 amide bonds. The maximum Gasteiger partial charge on any atom is 0.338 e. The third kappa shape index (κ3) is 7.66. The molecule has 10 heteroatoms. The van der Waals surface area contributed by atoms with E-state index in [0.29, 0.717) is 13.1 Å². The highest BCUT2D eigenvalue weighted by atomic mass is 35.5. The quantitative estimate of drug-likeness (QED) is 0.250. The molecule has 0 saturated carbocycles. The molecular formula is C29H24ClFN2O5S. The van der Waals surface area contributed by atoms with Crippen molar-refractivity contribution in [1.29, 1.82) is 0 Å². The van der Waals surface area contributed by atoms with Crippen LogP contribution in [0.25, 0.3) is 0 Å². The fourth-order valence-corrected chi connectivity index (χ4v) is 5.29. The van der Waals surface area contributed by atoms with Crippen LogP contribution in [0.2, 0.25) is 5.02 Å². The number of anilines is 1. The van der Waals surface area contributed by atoms with E-state index in [9.17, 15) is 22.4 Å². The number of nitrogens with one attached hydrogen (secondary N) is 1. The van der Waals surface area contributed by atoms with E-state index in [-0.39, 0.29) is 21.2 Å². The third-order valence-electron chi connectivity index (χ3n) is 5.66. The number of hydrogen-bond acceptors (Lipinski definition) is 5. The molecule has 0 atom stereocenters. The van der Waals surface area contributed by atoms with Crippen LogP contribution in [0.3, 0.4) is 0 Å². The van der Waals surface area contributed by atoms with Crippen molar-refractivity contribution in [2.45, 2.75) is 18.0 Å². The van der Waals surface area contributed by atoms with Crippen molar-refractivity contribution in [3.8, 4) is 0 Å². The zero-order valence-corrected chi connectivity index (χ0v) is 22.2. The lowest BCUT2D eigenvalue weighted by molar-refractivity contribution is -0.135. The van der Waals surface area contributed by atoms with Crippen LogP contribution in [0.5, 0.6) is 0 Å². The summed E-state index contributed by atoms with van der Waals surface area (Å²) in [5.74, 6) is -1.84. The summed E-state index contributed by atoms with van der Waals surface area (Å²) in [4.78, 5) is 27.1. The molecule has 4 rings (SSSR count). The molecule has 0 fully saturated rings. The van der Waals surface area contributed by atoms with E-state index in [1.54, 1.807) is 4.90 Å². The number of esters is 1. The van der Waals surface area contributed by atoms with Crippen molar-refractivity contribution >= 4 is 39.2 Å². The van der Waals surface area contributed by atoms with Gasteiger partial charge in [-0.3, -0.25) is 9.52 Å². The topological polar surface area (TPSA) is 92.8 Å². The van der Waals surface area contributed by atoms with Crippen LogP contribution in [-0.4, -0.2) is 31.8 Å². The van der Waals surface area contributed by atoms with Crippen molar-refractivity contribution in [3.05, 3.63) is 131 Å². The number of sulfonamides is 1. The minimum atomic E-state index is -4.21. The number of rotatable bonds is 10. The monoisotopic (exact) mass is 566 g/mol. The Bertz CT molecular complexity index is 1510. The molecule has 0 heterocycles. The SMILES string of the molecule is O=C(OCC(=O)N(Cc1ccccc1)Cc1ccccc1)c1ccc(Cl)c(S(=O)(=O)Nc2ccc(F)cc2)c1. The number of benzene rings is 4. The zero-order chi connectivity index (χ0) is 27.8. The molecule has 0 radical (unpaired) electrons.